The van der Waals surface area contributed by atoms with Crippen LogP contribution in [-0.4, -0.2) is 23.3 Å². The van der Waals surface area contributed by atoms with Gasteiger partial charge in [0.25, 0.3) is 0 Å². The first-order valence-electron chi connectivity index (χ1n) is 5.63. The number of halogens is 3. The summed E-state index contributed by atoms with van der Waals surface area (Å²) in [5.74, 6) is 0. The summed E-state index contributed by atoms with van der Waals surface area (Å²) in [6.45, 7) is 2.55. The molecule has 0 amide bonds. The lowest BCUT2D eigenvalue weighted by Crippen LogP contribution is -2.31. The van der Waals surface area contributed by atoms with Gasteiger partial charge in [-0.2, -0.15) is 13.2 Å². The Bertz CT molecular complexity index is 349. The summed E-state index contributed by atoms with van der Waals surface area (Å²) in [7, 11) is 0. The minimum absolute atomic E-state index is 0.0224. The highest BCUT2D eigenvalue weighted by molar-refractivity contribution is 8.00. The fourth-order valence-corrected chi connectivity index (χ4v) is 1.95. The van der Waals surface area contributed by atoms with Crippen molar-refractivity contribution in [1.82, 2.24) is 5.32 Å². The molecule has 0 spiro atoms. The number of alkyl halides is 3. The van der Waals surface area contributed by atoms with Gasteiger partial charge in [-0.25, -0.2) is 0 Å². The van der Waals surface area contributed by atoms with Gasteiger partial charge in [0.05, 0.1) is 6.61 Å². The fourth-order valence-electron chi connectivity index (χ4n) is 1.41. The van der Waals surface area contributed by atoms with E-state index in [9.17, 15) is 13.2 Å². The number of benzene rings is 1. The molecule has 102 valence electrons. The molecule has 6 heteroatoms. The van der Waals surface area contributed by atoms with E-state index < -0.39 is 5.51 Å². The maximum absolute atomic E-state index is 12.1. The van der Waals surface area contributed by atoms with Crippen LogP contribution in [0, 0.1) is 0 Å². The van der Waals surface area contributed by atoms with E-state index in [4.69, 9.17) is 5.11 Å². The Kier molecular flexibility index (Phi) is 5.98. The van der Waals surface area contributed by atoms with E-state index in [1.165, 1.54) is 12.1 Å². The molecule has 1 atom stereocenters. The van der Waals surface area contributed by atoms with Gasteiger partial charge in [0.2, 0.25) is 0 Å². The van der Waals surface area contributed by atoms with Crippen molar-refractivity contribution in [3.05, 3.63) is 29.8 Å². The number of nitrogens with one attached hydrogen (secondary N) is 1. The Balaban J connectivity index is 2.50. The topological polar surface area (TPSA) is 32.3 Å². The summed E-state index contributed by atoms with van der Waals surface area (Å²) in [5.41, 5.74) is -3.35. The van der Waals surface area contributed by atoms with Crippen LogP contribution in [0.15, 0.2) is 29.2 Å². The van der Waals surface area contributed by atoms with E-state index in [1.807, 2.05) is 6.92 Å². The molecule has 0 bridgehead atoms. The van der Waals surface area contributed by atoms with Crippen molar-refractivity contribution in [2.75, 3.05) is 6.61 Å². The molecule has 0 saturated carbocycles. The monoisotopic (exact) mass is 279 g/mol. The lowest BCUT2D eigenvalue weighted by molar-refractivity contribution is -0.0328. The molecule has 0 aliphatic rings. The number of aliphatic hydroxyl groups excluding tert-OH is 1. The van der Waals surface area contributed by atoms with Gasteiger partial charge in [0.1, 0.15) is 0 Å². The van der Waals surface area contributed by atoms with Crippen LogP contribution in [0.3, 0.4) is 0 Å². The van der Waals surface area contributed by atoms with Gasteiger partial charge in [-0.3, -0.25) is 0 Å². The van der Waals surface area contributed by atoms with Gasteiger partial charge in [-0.1, -0.05) is 19.1 Å². The van der Waals surface area contributed by atoms with Gasteiger partial charge in [0, 0.05) is 17.5 Å². The smallest absolute Gasteiger partial charge is 0.395 e. The lowest BCUT2D eigenvalue weighted by Gasteiger charge is -2.14. The minimum Gasteiger partial charge on any atom is -0.395 e. The van der Waals surface area contributed by atoms with E-state index in [0.29, 0.717) is 6.54 Å². The maximum Gasteiger partial charge on any atom is 0.446 e. The van der Waals surface area contributed by atoms with Crippen LogP contribution in [0.1, 0.15) is 18.9 Å². The molecule has 0 aliphatic heterocycles. The summed E-state index contributed by atoms with van der Waals surface area (Å²) < 4.78 is 36.3. The van der Waals surface area contributed by atoms with Crippen molar-refractivity contribution in [3.8, 4) is 0 Å². The Hall–Kier alpha value is -0.720. The van der Waals surface area contributed by atoms with Gasteiger partial charge in [-0.05, 0) is 35.9 Å². The molecular formula is C12H16F3NOS. The molecular weight excluding hydrogens is 263 g/mol. The molecule has 2 nitrogen and oxygen atoms in total. The van der Waals surface area contributed by atoms with Gasteiger partial charge >= 0.3 is 5.51 Å². The molecule has 18 heavy (non-hydrogen) atoms. The minimum atomic E-state index is -4.25. The molecule has 0 heterocycles. The molecule has 1 aromatic carbocycles. The molecule has 0 saturated heterocycles. The number of hydrogen-bond donors (Lipinski definition) is 2. The summed E-state index contributed by atoms with van der Waals surface area (Å²) in [4.78, 5) is 0.181. The predicted molar refractivity (Wildman–Crippen MR) is 66.4 cm³/mol. The van der Waals surface area contributed by atoms with Crippen LogP contribution in [0.5, 0.6) is 0 Å². The second-order valence-electron chi connectivity index (χ2n) is 3.86. The van der Waals surface area contributed by atoms with E-state index in [1.54, 1.807) is 12.1 Å². The highest BCUT2D eigenvalue weighted by Crippen LogP contribution is 2.36. The number of thioether (sulfide) groups is 1. The fraction of sp³-hybridized carbons (Fsp3) is 0.500. The van der Waals surface area contributed by atoms with Crippen LogP contribution in [0.25, 0.3) is 0 Å². The Morgan fingerprint density at radius 2 is 1.89 bits per heavy atom. The zero-order valence-electron chi connectivity index (χ0n) is 10.00. The van der Waals surface area contributed by atoms with Crippen LogP contribution in [0.2, 0.25) is 0 Å². The first-order chi connectivity index (χ1) is 8.44. The van der Waals surface area contributed by atoms with E-state index in [-0.39, 0.29) is 29.3 Å². The third-order valence-electron chi connectivity index (χ3n) is 2.46. The number of hydrogen-bond acceptors (Lipinski definition) is 3. The van der Waals surface area contributed by atoms with Crippen LogP contribution < -0.4 is 5.32 Å². The largest absolute Gasteiger partial charge is 0.446 e. The summed E-state index contributed by atoms with van der Waals surface area (Å²) in [6.07, 6.45) is 0.804. The lowest BCUT2D eigenvalue weighted by atomic mass is 10.2. The quantitative estimate of drug-likeness (QED) is 0.785. The van der Waals surface area contributed by atoms with Crippen molar-refractivity contribution >= 4 is 11.8 Å². The van der Waals surface area contributed by atoms with Gasteiger partial charge in [-0.15, -0.1) is 0 Å². The SMILES string of the molecule is CCC(CO)NCc1ccc(SC(F)(F)F)cc1. The molecule has 0 aromatic heterocycles. The molecule has 2 N–H and O–H groups in total. The molecule has 1 aromatic rings. The van der Waals surface area contributed by atoms with Crippen molar-refractivity contribution < 1.29 is 18.3 Å². The second kappa shape index (κ2) is 7.01. The molecule has 1 rings (SSSR count). The third-order valence-corrected chi connectivity index (χ3v) is 3.20. The molecule has 0 radical (unpaired) electrons. The summed E-state index contributed by atoms with van der Waals surface area (Å²) in [5, 5.41) is 12.1. The first-order valence-corrected chi connectivity index (χ1v) is 6.45. The predicted octanol–water partition coefficient (Wildman–Crippen LogP) is 3.16. The van der Waals surface area contributed by atoms with Gasteiger partial charge in [0.15, 0.2) is 0 Å². The van der Waals surface area contributed by atoms with E-state index in [2.05, 4.69) is 5.32 Å². The maximum atomic E-state index is 12.1. The standard InChI is InChI=1S/C12H16F3NOS/c1-2-10(8-17)16-7-9-3-5-11(6-4-9)18-12(13,14)15/h3-6,10,16-17H,2,7-8H2,1H3. The third kappa shape index (κ3) is 5.75. The van der Waals surface area contributed by atoms with Crippen molar-refractivity contribution in [1.29, 1.82) is 0 Å². The first kappa shape index (κ1) is 15.3. The van der Waals surface area contributed by atoms with Crippen LogP contribution in [0.4, 0.5) is 13.2 Å². The zero-order valence-corrected chi connectivity index (χ0v) is 10.8. The van der Waals surface area contributed by atoms with Crippen LogP contribution >= 0.6 is 11.8 Å². The number of aliphatic hydroxyl groups is 1. The molecule has 0 fully saturated rings. The van der Waals surface area contributed by atoms with Crippen molar-refractivity contribution in [3.63, 3.8) is 0 Å². The average molecular weight is 279 g/mol. The Morgan fingerprint density at radius 1 is 1.28 bits per heavy atom. The highest BCUT2D eigenvalue weighted by Gasteiger charge is 2.28. The Labute approximate surface area is 109 Å². The van der Waals surface area contributed by atoms with E-state index in [0.717, 1.165) is 12.0 Å². The number of rotatable bonds is 6. The van der Waals surface area contributed by atoms with Crippen molar-refractivity contribution in [2.45, 2.75) is 36.3 Å². The zero-order chi connectivity index (χ0) is 13.6. The van der Waals surface area contributed by atoms with Crippen LogP contribution in [-0.2, 0) is 6.54 Å². The average Bonchev–Trinajstić information content (AvgIpc) is 2.30. The van der Waals surface area contributed by atoms with Crippen molar-refractivity contribution in [2.24, 2.45) is 0 Å². The summed E-state index contributed by atoms with van der Waals surface area (Å²) in [6, 6.07) is 6.25. The molecule has 0 aliphatic carbocycles. The Morgan fingerprint density at radius 3 is 2.33 bits per heavy atom. The second-order valence-corrected chi connectivity index (χ2v) is 5.00. The normalized spacial score (nSPS) is 13.6. The molecule has 1 unspecified atom stereocenters. The van der Waals surface area contributed by atoms with Gasteiger partial charge < -0.3 is 10.4 Å². The highest BCUT2D eigenvalue weighted by atomic mass is 32.2. The summed E-state index contributed by atoms with van der Waals surface area (Å²) >= 11 is -0.118. The van der Waals surface area contributed by atoms with E-state index >= 15 is 0 Å².